The third-order valence-corrected chi connectivity index (χ3v) is 10.9. The Kier molecular flexibility index (Phi) is 8.77. The van der Waals surface area contributed by atoms with Gasteiger partial charge in [0.25, 0.3) is 0 Å². The minimum atomic E-state index is 0.0357. The second kappa shape index (κ2) is 13.7. The van der Waals surface area contributed by atoms with Crippen LogP contribution in [-0.4, -0.2) is 0 Å². The van der Waals surface area contributed by atoms with Gasteiger partial charge in [-0.2, -0.15) is 0 Å². The SMILES string of the molecule is CC1(C)CCC(C)(C)c2c(N(c3ccc(-c4ccccc4)cc3)c3cccc(-c4cccc(N(c5ccccc5)c5ccccc5)c4)c3)cccc21. The smallest absolute Gasteiger partial charge is 0.0502 e. The summed E-state index contributed by atoms with van der Waals surface area (Å²) in [4.78, 5) is 4.82. The van der Waals surface area contributed by atoms with Gasteiger partial charge >= 0.3 is 0 Å². The fraction of sp³-hybridized carbons (Fsp3) is 0.160. The quantitative estimate of drug-likeness (QED) is 0.158. The van der Waals surface area contributed by atoms with Crippen molar-refractivity contribution in [3.05, 3.63) is 193 Å². The molecule has 0 atom stereocenters. The first-order chi connectivity index (χ1) is 25.3. The van der Waals surface area contributed by atoms with E-state index in [2.05, 4.69) is 219 Å². The maximum Gasteiger partial charge on any atom is 0.0502 e. The van der Waals surface area contributed by atoms with Gasteiger partial charge in [0.1, 0.15) is 0 Å². The molecule has 7 aromatic rings. The van der Waals surface area contributed by atoms with Crippen LogP contribution >= 0.6 is 0 Å². The van der Waals surface area contributed by atoms with Gasteiger partial charge in [-0.25, -0.2) is 0 Å². The Hall–Kier alpha value is -5.86. The molecular formula is C50H46N2. The summed E-state index contributed by atoms with van der Waals surface area (Å²) in [6.45, 7) is 9.67. The molecule has 0 unspecified atom stereocenters. The Balaban J connectivity index is 1.27. The van der Waals surface area contributed by atoms with E-state index in [1.165, 1.54) is 45.5 Å². The maximum atomic E-state index is 2.49. The van der Waals surface area contributed by atoms with Gasteiger partial charge in [-0.05, 0) is 124 Å². The largest absolute Gasteiger partial charge is 0.310 e. The molecule has 0 heterocycles. The number of para-hydroxylation sites is 2. The fourth-order valence-corrected chi connectivity index (χ4v) is 8.00. The Bertz CT molecular complexity index is 2250. The second-order valence-electron chi connectivity index (χ2n) is 15.3. The summed E-state index contributed by atoms with van der Waals surface area (Å²) in [5, 5.41) is 0. The fourth-order valence-electron chi connectivity index (χ4n) is 8.00. The molecule has 52 heavy (non-hydrogen) atoms. The highest BCUT2D eigenvalue weighted by molar-refractivity contribution is 5.85. The standard InChI is InChI=1S/C50H46N2/c1-49(2)33-34-50(3,4)48-46(49)27-16-28-47(48)52(43-31-29-38(30-32-43)37-17-8-5-9-18-37)45-26-15-20-40(36-45)39-19-14-25-44(35-39)51(41-21-10-6-11-22-41)42-23-12-7-13-24-42/h5-32,35-36H,33-34H2,1-4H3. The molecule has 2 heteroatoms. The van der Waals surface area contributed by atoms with Crippen LogP contribution in [0, 0.1) is 0 Å². The van der Waals surface area contributed by atoms with Crippen LogP contribution < -0.4 is 9.80 Å². The van der Waals surface area contributed by atoms with Crippen LogP contribution in [0.2, 0.25) is 0 Å². The van der Waals surface area contributed by atoms with E-state index in [0.29, 0.717) is 0 Å². The Morgan fingerprint density at radius 1 is 0.346 bits per heavy atom. The lowest BCUT2D eigenvalue weighted by Crippen LogP contribution is -2.35. The van der Waals surface area contributed by atoms with Gasteiger partial charge in [0.15, 0.2) is 0 Å². The molecule has 1 aliphatic carbocycles. The summed E-state index contributed by atoms with van der Waals surface area (Å²) >= 11 is 0. The summed E-state index contributed by atoms with van der Waals surface area (Å²) in [7, 11) is 0. The molecule has 0 amide bonds. The van der Waals surface area contributed by atoms with E-state index in [1.807, 2.05) is 0 Å². The van der Waals surface area contributed by atoms with Gasteiger partial charge in [-0.15, -0.1) is 0 Å². The zero-order chi connectivity index (χ0) is 35.7. The normalized spacial score (nSPS) is 14.3. The van der Waals surface area contributed by atoms with Gasteiger partial charge in [-0.1, -0.05) is 143 Å². The molecule has 0 spiro atoms. The molecule has 0 aliphatic heterocycles. The van der Waals surface area contributed by atoms with Gasteiger partial charge in [0, 0.05) is 28.4 Å². The molecule has 0 saturated carbocycles. The first kappa shape index (κ1) is 33.3. The van der Waals surface area contributed by atoms with Crippen molar-refractivity contribution in [1.82, 2.24) is 0 Å². The van der Waals surface area contributed by atoms with Crippen molar-refractivity contribution in [3.8, 4) is 22.3 Å². The van der Waals surface area contributed by atoms with Crippen molar-refractivity contribution >= 4 is 34.1 Å². The number of rotatable bonds is 8. The van der Waals surface area contributed by atoms with E-state index < -0.39 is 0 Å². The van der Waals surface area contributed by atoms with Crippen LogP contribution in [0.25, 0.3) is 22.3 Å². The highest BCUT2D eigenvalue weighted by Gasteiger charge is 2.39. The molecule has 0 N–H and O–H groups in total. The van der Waals surface area contributed by atoms with Gasteiger partial charge < -0.3 is 9.80 Å². The van der Waals surface area contributed by atoms with Crippen molar-refractivity contribution in [2.24, 2.45) is 0 Å². The van der Waals surface area contributed by atoms with Crippen molar-refractivity contribution < 1.29 is 0 Å². The van der Waals surface area contributed by atoms with Crippen LogP contribution in [0.3, 0.4) is 0 Å². The number of hydrogen-bond donors (Lipinski definition) is 0. The topological polar surface area (TPSA) is 6.48 Å². The van der Waals surface area contributed by atoms with Gasteiger partial charge in [-0.3, -0.25) is 0 Å². The molecule has 0 bridgehead atoms. The first-order valence-corrected chi connectivity index (χ1v) is 18.5. The van der Waals surface area contributed by atoms with E-state index >= 15 is 0 Å². The molecule has 2 nitrogen and oxygen atoms in total. The number of fused-ring (bicyclic) bond motifs is 1. The zero-order valence-electron chi connectivity index (χ0n) is 30.6. The molecular weight excluding hydrogens is 629 g/mol. The van der Waals surface area contributed by atoms with Crippen LogP contribution in [0.5, 0.6) is 0 Å². The highest BCUT2D eigenvalue weighted by atomic mass is 15.1. The van der Waals surface area contributed by atoms with Crippen LogP contribution in [0.1, 0.15) is 51.7 Å². The van der Waals surface area contributed by atoms with Crippen molar-refractivity contribution in [2.75, 3.05) is 9.80 Å². The summed E-state index contributed by atoms with van der Waals surface area (Å²) < 4.78 is 0. The second-order valence-corrected chi connectivity index (χ2v) is 15.3. The van der Waals surface area contributed by atoms with Crippen molar-refractivity contribution in [2.45, 2.75) is 51.4 Å². The van der Waals surface area contributed by atoms with Crippen LogP contribution in [0.15, 0.2) is 182 Å². The zero-order valence-corrected chi connectivity index (χ0v) is 30.6. The molecule has 0 radical (unpaired) electrons. The van der Waals surface area contributed by atoms with Gasteiger partial charge in [0.05, 0.1) is 5.69 Å². The Morgan fingerprint density at radius 3 is 1.35 bits per heavy atom. The molecule has 0 saturated heterocycles. The first-order valence-electron chi connectivity index (χ1n) is 18.5. The molecule has 1 aliphatic rings. The molecule has 256 valence electrons. The molecule has 0 aromatic heterocycles. The summed E-state index contributed by atoms with van der Waals surface area (Å²) in [5.74, 6) is 0. The summed E-state index contributed by atoms with van der Waals surface area (Å²) in [6, 6.07) is 65.9. The van der Waals surface area contributed by atoms with E-state index in [0.717, 1.165) is 34.9 Å². The van der Waals surface area contributed by atoms with E-state index in [1.54, 1.807) is 0 Å². The van der Waals surface area contributed by atoms with Crippen molar-refractivity contribution in [3.63, 3.8) is 0 Å². The third kappa shape index (κ3) is 6.42. The third-order valence-electron chi connectivity index (χ3n) is 10.9. The summed E-state index contributed by atoms with van der Waals surface area (Å²) in [6.07, 6.45) is 2.33. The van der Waals surface area contributed by atoms with E-state index in [9.17, 15) is 0 Å². The summed E-state index contributed by atoms with van der Waals surface area (Å²) in [5.41, 5.74) is 14.8. The monoisotopic (exact) mass is 674 g/mol. The number of hydrogen-bond acceptors (Lipinski definition) is 2. The lowest BCUT2D eigenvalue weighted by atomic mass is 9.62. The predicted molar refractivity (Wildman–Crippen MR) is 222 cm³/mol. The van der Waals surface area contributed by atoms with E-state index in [4.69, 9.17) is 0 Å². The number of benzene rings is 7. The molecule has 0 fully saturated rings. The van der Waals surface area contributed by atoms with Crippen LogP contribution in [0.4, 0.5) is 34.1 Å². The maximum absolute atomic E-state index is 2.49. The lowest BCUT2D eigenvalue weighted by molar-refractivity contribution is 0.332. The average molecular weight is 675 g/mol. The molecule has 7 aromatic carbocycles. The highest BCUT2D eigenvalue weighted by Crippen LogP contribution is 2.52. The minimum absolute atomic E-state index is 0.0357. The average Bonchev–Trinajstić information content (AvgIpc) is 3.19. The van der Waals surface area contributed by atoms with E-state index in [-0.39, 0.29) is 10.8 Å². The number of anilines is 6. The minimum Gasteiger partial charge on any atom is -0.310 e. The van der Waals surface area contributed by atoms with Crippen molar-refractivity contribution in [1.29, 1.82) is 0 Å². The number of nitrogens with zero attached hydrogens (tertiary/aromatic N) is 2. The molecule has 8 rings (SSSR count). The van der Waals surface area contributed by atoms with Gasteiger partial charge in [0.2, 0.25) is 0 Å². The Morgan fingerprint density at radius 2 is 0.769 bits per heavy atom. The lowest BCUT2D eigenvalue weighted by Gasteiger charge is -2.44. The van der Waals surface area contributed by atoms with Crippen LogP contribution in [-0.2, 0) is 10.8 Å². The predicted octanol–water partition coefficient (Wildman–Crippen LogP) is 14.3. The Labute approximate surface area is 309 Å².